The van der Waals surface area contributed by atoms with Gasteiger partial charge in [0.15, 0.2) is 0 Å². The van der Waals surface area contributed by atoms with Crippen molar-refractivity contribution >= 4 is 0 Å². The number of hydrogen-bond donors (Lipinski definition) is 0. The molecule has 0 aliphatic carbocycles. The van der Waals surface area contributed by atoms with Crippen molar-refractivity contribution in [3.63, 3.8) is 0 Å². The van der Waals surface area contributed by atoms with E-state index in [0.29, 0.717) is 0 Å². The predicted molar refractivity (Wildman–Crippen MR) is 15.6 cm³/mol. The van der Waals surface area contributed by atoms with Gasteiger partial charge in [0.1, 0.15) is 0 Å². The van der Waals surface area contributed by atoms with Crippen molar-refractivity contribution in [1.29, 1.82) is 0 Å². The fourth-order valence-corrected chi connectivity index (χ4v) is 0. The van der Waals surface area contributed by atoms with Crippen molar-refractivity contribution in [2.24, 2.45) is 0 Å². The zero-order valence-electron chi connectivity index (χ0n) is 2.91. The largest absolute Gasteiger partial charge is 0.0625 e. The van der Waals surface area contributed by atoms with Gasteiger partial charge in [-0.3, -0.25) is 0 Å². The maximum atomic E-state index is 2.00. The Bertz CT molecular complexity index is 3.25. The Hall–Kier alpha value is 0.506. The Morgan fingerprint density at radius 2 is 1.25 bits per heavy atom. The molecular formula is C3H7Co. The summed E-state index contributed by atoms with van der Waals surface area (Å²) in [7, 11) is 0. The molecule has 0 nitrogen and oxygen atoms in total. The van der Waals surface area contributed by atoms with E-state index < -0.39 is 0 Å². The van der Waals surface area contributed by atoms with Crippen LogP contribution in [0.2, 0.25) is 0 Å². The smallest absolute Gasteiger partial charge is 0 e. The van der Waals surface area contributed by atoms with Crippen molar-refractivity contribution in [1.82, 2.24) is 0 Å². The second-order valence-corrected chi connectivity index (χ2v) is 0.577. The van der Waals surface area contributed by atoms with Crippen LogP contribution >= 0.6 is 0 Å². The standard InChI is InChI=1S/C3H7.Co/c1-3-2;/h3H,1-2H3;. The molecule has 0 aromatic heterocycles. The van der Waals surface area contributed by atoms with Crippen LogP contribution in [-0.2, 0) is 16.8 Å². The van der Waals surface area contributed by atoms with E-state index in [1.54, 1.807) is 0 Å². The van der Waals surface area contributed by atoms with Crippen LogP contribution in [0.1, 0.15) is 13.8 Å². The second-order valence-electron chi connectivity index (χ2n) is 0.577. The van der Waals surface area contributed by atoms with Crippen LogP contribution in [0, 0.1) is 6.42 Å². The van der Waals surface area contributed by atoms with Crippen LogP contribution in [0.25, 0.3) is 0 Å². The van der Waals surface area contributed by atoms with Crippen LogP contribution in [-0.4, -0.2) is 0 Å². The first kappa shape index (κ1) is 8.82. The SMILES string of the molecule is C[CH]C.[Co]. The van der Waals surface area contributed by atoms with E-state index in [1.165, 1.54) is 0 Å². The molecule has 28 valence electrons. The average Bonchev–Trinajstić information content (AvgIpc) is 0.918. The summed E-state index contributed by atoms with van der Waals surface area (Å²) in [5.41, 5.74) is 0. The van der Waals surface area contributed by atoms with Gasteiger partial charge in [-0.15, -0.1) is 0 Å². The first-order valence-corrected chi connectivity index (χ1v) is 1.15. The summed E-state index contributed by atoms with van der Waals surface area (Å²) < 4.78 is 0. The topological polar surface area (TPSA) is 0 Å². The molecule has 0 spiro atoms. The fourth-order valence-electron chi connectivity index (χ4n) is 0. The van der Waals surface area contributed by atoms with Gasteiger partial charge >= 0.3 is 0 Å². The van der Waals surface area contributed by atoms with E-state index in [-0.39, 0.29) is 16.8 Å². The van der Waals surface area contributed by atoms with Crippen LogP contribution < -0.4 is 0 Å². The van der Waals surface area contributed by atoms with Crippen LogP contribution in [0.5, 0.6) is 0 Å². The first-order chi connectivity index (χ1) is 1.41. The Kier molecular flexibility index (Phi) is 21.4. The molecule has 0 saturated heterocycles. The molecule has 0 bridgehead atoms. The van der Waals surface area contributed by atoms with Gasteiger partial charge in [-0.25, -0.2) is 0 Å². The van der Waals surface area contributed by atoms with Gasteiger partial charge < -0.3 is 0 Å². The molecule has 0 amide bonds. The maximum Gasteiger partial charge on any atom is 0 e. The quantitative estimate of drug-likeness (QED) is 0.431. The van der Waals surface area contributed by atoms with E-state index in [9.17, 15) is 0 Å². The molecule has 0 rings (SSSR count). The van der Waals surface area contributed by atoms with Gasteiger partial charge in [0.05, 0.1) is 0 Å². The van der Waals surface area contributed by atoms with Gasteiger partial charge in [0.25, 0.3) is 0 Å². The average molecular weight is 102 g/mol. The third-order valence-corrected chi connectivity index (χ3v) is 0. The third-order valence-electron chi connectivity index (χ3n) is 0. The molecule has 0 aromatic rings. The maximum absolute atomic E-state index is 2.00. The zero-order valence-corrected chi connectivity index (χ0v) is 3.95. The molecule has 0 aliphatic heterocycles. The summed E-state index contributed by atoms with van der Waals surface area (Å²) in [6.07, 6.45) is 2.00. The summed E-state index contributed by atoms with van der Waals surface area (Å²) in [5.74, 6) is 0. The minimum Gasteiger partial charge on any atom is -0.0625 e. The summed E-state index contributed by atoms with van der Waals surface area (Å²) in [6, 6.07) is 0. The zero-order chi connectivity index (χ0) is 2.71. The Balaban J connectivity index is 0. The van der Waals surface area contributed by atoms with Gasteiger partial charge in [0.2, 0.25) is 0 Å². The normalized spacial score (nSPS) is 4.50. The van der Waals surface area contributed by atoms with E-state index >= 15 is 0 Å². The van der Waals surface area contributed by atoms with Gasteiger partial charge in [-0.05, 0) is 6.42 Å². The fraction of sp³-hybridized carbons (Fsp3) is 0.667. The van der Waals surface area contributed by atoms with Crippen molar-refractivity contribution < 1.29 is 16.8 Å². The molecule has 0 atom stereocenters. The molecule has 0 heterocycles. The van der Waals surface area contributed by atoms with Crippen LogP contribution in [0.15, 0.2) is 0 Å². The third kappa shape index (κ3) is 22.2. The molecule has 0 aliphatic rings. The Morgan fingerprint density at radius 3 is 1.25 bits per heavy atom. The number of rotatable bonds is 0. The van der Waals surface area contributed by atoms with Crippen molar-refractivity contribution in [3.05, 3.63) is 6.42 Å². The summed E-state index contributed by atoms with van der Waals surface area (Å²) >= 11 is 0. The molecule has 2 radical (unpaired) electrons. The van der Waals surface area contributed by atoms with Gasteiger partial charge in [0, 0.05) is 16.8 Å². The van der Waals surface area contributed by atoms with Crippen LogP contribution in [0.3, 0.4) is 0 Å². The van der Waals surface area contributed by atoms with E-state index in [1.807, 2.05) is 20.3 Å². The van der Waals surface area contributed by atoms with E-state index in [4.69, 9.17) is 0 Å². The molecular weight excluding hydrogens is 95.0 g/mol. The molecule has 0 N–H and O–H groups in total. The molecule has 0 saturated carbocycles. The molecule has 4 heavy (non-hydrogen) atoms. The van der Waals surface area contributed by atoms with Crippen molar-refractivity contribution in [3.8, 4) is 0 Å². The molecule has 0 unspecified atom stereocenters. The predicted octanol–water partition coefficient (Wildman–Crippen LogP) is 1.23. The number of hydrogen-bond acceptors (Lipinski definition) is 0. The molecule has 1 heteroatoms. The first-order valence-electron chi connectivity index (χ1n) is 1.15. The summed E-state index contributed by atoms with van der Waals surface area (Å²) in [5, 5.41) is 0. The minimum absolute atomic E-state index is 0. The molecule has 0 aromatic carbocycles. The van der Waals surface area contributed by atoms with E-state index in [0.717, 1.165) is 0 Å². The summed E-state index contributed by atoms with van der Waals surface area (Å²) in [6.45, 7) is 4.00. The Morgan fingerprint density at radius 1 is 1.25 bits per heavy atom. The van der Waals surface area contributed by atoms with E-state index in [2.05, 4.69) is 0 Å². The van der Waals surface area contributed by atoms with Crippen molar-refractivity contribution in [2.45, 2.75) is 13.8 Å². The van der Waals surface area contributed by atoms with Crippen LogP contribution in [0.4, 0.5) is 0 Å². The van der Waals surface area contributed by atoms with Crippen molar-refractivity contribution in [2.75, 3.05) is 0 Å². The monoisotopic (exact) mass is 102 g/mol. The minimum atomic E-state index is 0. The van der Waals surface area contributed by atoms with Gasteiger partial charge in [-0.2, -0.15) is 0 Å². The van der Waals surface area contributed by atoms with Gasteiger partial charge in [-0.1, -0.05) is 13.8 Å². The Labute approximate surface area is 37.8 Å². The molecule has 0 fully saturated rings. The summed E-state index contributed by atoms with van der Waals surface area (Å²) in [4.78, 5) is 0. The second kappa shape index (κ2) is 9.71.